The minimum Gasteiger partial charge on any atom is -0.379 e. The molecule has 0 aliphatic heterocycles. The third-order valence-electron chi connectivity index (χ3n) is 4.99. The molecule has 4 rings (SSSR count). The molecule has 5 heteroatoms. The summed E-state index contributed by atoms with van der Waals surface area (Å²) in [6.07, 6.45) is 2.08. The van der Waals surface area contributed by atoms with E-state index in [9.17, 15) is 8.78 Å². The van der Waals surface area contributed by atoms with Crippen molar-refractivity contribution in [3.05, 3.63) is 11.9 Å². The largest absolute Gasteiger partial charge is 0.379 e. The summed E-state index contributed by atoms with van der Waals surface area (Å²) >= 11 is 0. The van der Waals surface area contributed by atoms with Crippen LogP contribution < -0.4 is 5.32 Å². The molecule has 98 valence electrons. The molecule has 1 aromatic rings. The Morgan fingerprint density at radius 1 is 1.33 bits per heavy atom. The van der Waals surface area contributed by atoms with Crippen molar-refractivity contribution in [2.45, 2.75) is 38.8 Å². The van der Waals surface area contributed by atoms with Crippen LogP contribution in [0.2, 0.25) is 0 Å². The molecule has 4 unspecified atom stereocenters. The van der Waals surface area contributed by atoms with Crippen molar-refractivity contribution in [2.24, 2.45) is 23.7 Å². The van der Waals surface area contributed by atoms with Gasteiger partial charge in [-0.15, -0.1) is 0 Å². The van der Waals surface area contributed by atoms with Gasteiger partial charge < -0.3 is 5.32 Å². The van der Waals surface area contributed by atoms with E-state index >= 15 is 0 Å². The number of rotatable bonds is 4. The van der Waals surface area contributed by atoms with Gasteiger partial charge in [0.05, 0.1) is 17.6 Å². The molecular weight excluding hydrogens is 236 g/mol. The third-order valence-corrected chi connectivity index (χ3v) is 4.99. The average Bonchev–Trinajstić information content (AvgIpc) is 3.19. The van der Waals surface area contributed by atoms with Crippen LogP contribution in [0.5, 0.6) is 0 Å². The van der Waals surface area contributed by atoms with Crippen molar-refractivity contribution < 1.29 is 8.78 Å². The Balaban J connectivity index is 1.50. The zero-order valence-electron chi connectivity index (χ0n) is 10.3. The molecule has 1 aromatic heterocycles. The summed E-state index contributed by atoms with van der Waals surface area (Å²) in [7, 11) is 0. The molecule has 0 radical (unpaired) electrons. The van der Waals surface area contributed by atoms with Crippen LogP contribution in [0.1, 0.15) is 18.5 Å². The summed E-state index contributed by atoms with van der Waals surface area (Å²) in [6, 6.07) is 0.572. The molecule has 18 heavy (non-hydrogen) atoms. The summed E-state index contributed by atoms with van der Waals surface area (Å²) in [5.74, 6) is 3.60. The first kappa shape index (κ1) is 10.8. The van der Waals surface area contributed by atoms with Crippen molar-refractivity contribution in [2.75, 3.05) is 5.32 Å². The van der Waals surface area contributed by atoms with Gasteiger partial charge in [0.1, 0.15) is 6.54 Å². The number of aromatic nitrogens is 2. The van der Waals surface area contributed by atoms with Crippen molar-refractivity contribution in [3.8, 4) is 0 Å². The second-order valence-corrected chi connectivity index (χ2v) is 6.01. The standard InChI is InChI=1S/C13H17F2N3/c1-6-11(4-16-18(6)5-12(14)15)17-13-9-2-7(9)8-3-10(8)13/h4,7-10,12-13,17H,2-3,5H2,1H3. The van der Waals surface area contributed by atoms with E-state index in [0.29, 0.717) is 6.04 Å². The summed E-state index contributed by atoms with van der Waals surface area (Å²) in [6.45, 7) is 1.55. The molecule has 1 heterocycles. The molecule has 3 aliphatic carbocycles. The van der Waals surface area contributed by atoms with Crippen molar-refractivity contribution in [1.29, 1.82) is 0 Å². The summed E-state index contributed by atoms with van der Waals surface area (Å²) in [5, 5.41) is 7.61. The molecule has 3 saturated carbocycles. The second-order valence-electron chi connectivity index (χ2n) is 6.01. The number of hydrogen-bond acceptors (Lipinski definition) is 2. The van der Waals surface area contributed by atoms with Crippen molar-refractivity contribution in [1.82, 2.24) is 9.78 Å². The van der Waals surface area contributed by atoms with Crippen LogP contribution in [0.25, 0.3) is 0 Å². The Labute approximate surface area is 105 Å². The van der Waals surface area contributed by atoms with E-state index in [2.05, 4.69) is 10.4 Å². The number of anilines is 1. The zero-order valence-corrected chi connectivity index (χ0v) is 10.3. The molecule has 0 amide bonds. The third kappa shape index (κ3) is 1.49. The van der Waals surface area contributed by atoms with Gasteiger partial charge in [0.25, 0.3) is 6.43 Å². The predicted molar refractivity (Wildman–Crippen MR) is 63.6 cm³/mol. The lowest BCUT2D eigenvalue weighted by molar-refractivity contribution is 0.121. The summed E-state index contributed by atoms with van der Waals surface area (Å²) < 4.78 is 26.1. The molecular formula is C13H17F2N3. The molecule has 0 spiro atoms. The molecule has 3 nitrogen and oxygen atoms in total. The Kier molecular flexibility index (Phi) is 2.07. The maximum Gasteiger partial charge on any atom is 0.257 e. The monoisotopic (exact) mass is 253 g/mol. The van der Waals surface area contributed by atoms with Crippen LogP contribution in [0.3, 0.4) is 0 Å². The Hall–Kier alpha value is -1.13. The topological polar surface area (TPSA) is 29.9 Å². The normalized spacial score (nSPS) is 39.7. The van der Waals surface area contributed by atoms with Gasteiger partial charge in [-0.1, -0.05) is 0 Å². The highest BCUT2D eigenvalue weighted by atomic mass is 19.3. The van der Waals surface area contributed by atoms with Crippen LogP contribution in [-0.2, 0) is 6.54 Å². The molecule has 1 N–H and O–H groups in total. The smallest absolute Gasteiger partial charge is 0.257 e. The Morgan fingerprint density at radius 2 is 2.00 bits per heavy atom. The van der Waals surface area contributed by atoms with E-state index in [4.69, 9.17) is 0 Å². The van der Waals surface area contributed by atoms with E-state index < -0.39 is 6.43 Å². The number of alkyl halides is 2. The lowest BCUT2D eigenvalue weighted by atomic mass is 10.1. The van der Waals surface area contributed by atoms with E-state index in [0.717, 1.165) is 35.1 Å². The van der Waals surface area contributed by atoms with E-state index in [1.54, 1.807) is 6.20 Å². The quantitative estimate of drug-likeness (QED) is 0.893. The molecule has 0 bridgehead atoms. The SMILES string of the molecule is Cc1c(NC2C3CC3C3CC32)cnn1CC(F)F. The fourth-order valence-electron chi connectivity index (χ4n) is 3.90. The van der Waals surface area contributed by atoms with Crippen molar-refractivity contribution in [3.63, 3.8) is 0 Å². The molecule has 0 aromatic carbocycles. The fourth-order valence-corrected chi connectivity index (χ4v) is 3.90. The van der Waals surface area contributed by atoms with Gasteiger partial charge in [0.2, 0.25) is 0 Å². The lowest BCUT2D eigenvalue weighted by Crippen LogP contribution is -2.23. The highest BCUT2D eigenvalue weighted by molar-refractivity contribution is 5.48. The Morgan fingerprint density at radius 3 is 2.61 bits per heavy atom. The minimum absolute atomic E-state index is 0.309. The molecule has 3 fully saturated rings. The lowest BCUT2D eigenvalue weighted by Gasteiger charge is -2.17. The maximum absolute atomic E-state index is 12.4. The minimum atomic E-state index is -2.34. The van der Waals surface area contributed by atoms with Crippen molar-refractivity contribution >= 4 is 5.69 Å². The van der Waals surface area contributed by atoms with Gasteiger partial charge in [-0.2, -0.15) is 5.10 Å². The Bertz CT molecular complexity index is 469. The van der Waals surface area contributed by atoms with Gasteiger partial charge in [-0.3, -0.25) is 4.68 Å². The van der Waals surface area contributed by atoms with E-state index in [-0.39, 0.29) is 6.54 Å². The number of hydrogen-bond donors (Lipinski definition) is 1. The molecule has 3 aliphatic rings. The van der Waals surface area contributed by atoms with Gasteiger partial charge in [0.15, 0.2) is 0 Å². The number of nitrogens with one attached hydrogen (secondary N) is 1. The summed E-state index contributed by atoms with van der Waals surface area (Å²) in [4.78, 5) is 0. The number of nitrogens with zero attached hydrogens (tertiary/aromatic N) is 2. The predicted octanol–water partition coefficient (Wildman–Crippen LogP) is 2.52. The van der Waals surface area contributed by atoms with Crippen LogP contribution in [0.15, 0.2) is 6.20 Å². The van der Waals surface area contributed by atoms with E-state index in [1.807, 2.05) is 6.92 Å². The maximum atomic E-state index is 12.4. The average molecular weight is 253 g/mol. The first-order chi connectivity index (χ1) is 8.65. The molecule has 4 atom stereocenters. The van der Waals surface area contributed by atoms with Gasteiger partial charge >= 0.3 is 0 Å². The number of fused-ring (bicyclic) bond motifs is 3. The van der Waals surface area contributed by atoms with Gasteiger partial charge in [-0.05, 0) is 43.4 Å². The second kappa shape index (κ2) is 3.45. The van der Waals surface area contributed by atoms with Crippen LogP contribution in [-0.4, -0.2) is 22.2 Å². The first-order valence-electron chi connectivity index (χ1n) is 6.72. The van der Waals surface area contributed by atoms with E-state index in [1.165, 1.54) is 17.5 Å². The fraction of sp³-hybridized carbons (Fsp3) is 0.769. The van der Waals surface area contributed by atoms with Crippen LogP contribution in [0.4, 0.5) is 14.5 Å². The van der Waals surface area contributed by atoms with Gasteiger partial charge in [-0.25, -0.2) is 8.78 Å². The zero-order chi connectivity index (χ0) is 12.4. The molecule has 0 saturated heterocycles. The highest BCUT2D eigenvalue weighted by Crippen LogP contribution is 2.69. The van der Waals surface area contributed by atoms with Crippen LogP contribution in [0, 0.1) is 30.6 Å². The van der Waals surface area contributed by atoms with Crippen LogP contribution >= 0.6 is 0 Å². The number of halogens is 2. The summed E-state index contributed by atoms with van der Waals surface area (Å²) in [5.41, 5.74) is 1.77. The van der Waals surface area contributed by atoms with Gasteiger partial charge in [0, 0.05) is 6.04 Å². The highest BCUT2D eigenvalue weighted by Gasteiger charge is 2.67. The first-order valence-corrected chi connectivity index (χ1v) is 6.72.